The quantitative estimate of drug-likeness (QED) is 0.377. The lowest BCUT2D eigenvalue weighted by Gasteiger charge is -2.38. The Morgan fingerprint density at radius 1 is 1.11 bits per heavy atom. The Bertz CT molecular complexity index is 696. The molecule has 154 valence electrons. The van der Waals surface area contributed by atoms with E-state index in [1.54, 1.807) is 6.08 Å². The molecule has 2 rings (SSSR count). The van der Waals surface area contributed by atoms with E-state index < -0.39 is 0 Å². The molecule has 0 bridgehead atoms. The van der Waals surface area contributed by atoms with Crippen molar-refractivity contribution in [2.45, 2.75) is 84.0 Å². The molecule has 0 aliphatic heterocycles. The highest BCUT2D eigenvalue weighted by Gasteiger charge is 2.40. The zero-order valence-corrected chi connectivity index (χ0v) is 18.7. The number of carbonyl (C=O) groups is 2. The highest BCUT2D eigenvalue weighted by molar-refractivity contribution is 8.14. The van der Waals surface area contributed by atoms with Crippen LogP contribution in [0.15, 0.2) is 40.8 Å². The molecule has 0 saturated heterocycles. The Kier molecular flexibility index (Phi) is 8.81. The van der Waals surface area contributed by atoms with Gasteiger partial charge in [-0.3, -0.25) is 9.59 Å². The van der Waals surface area contributed by atoms with Crippen molar-refractivity contribution in [3.63, 3.8) is 0 Å². The maximum absolute atomic E-state index is 13.5. The summed E-state index contributed by atoms with van der Waals surface area (Å²) in [5, 5.41) is 3.19. The van der Waals surface area contributed by atoms with Crippen LogP contribution in [0.25, 0.3) is 0 Å². The molecular formula is C24H35NO2S. The number of nitrogens with one attached hydrogen (secondary N) is 1. The standard InChI is InChI=1S/C24H35NO2S/c1-5-19(6-2)17-24(14-10-7-11-15-24)23(27)25-20-12-8-9-13-21(20)28-22(26)16-18(3)4/h8-9,12-13,16,19H,5-7,10-11,14-15,17H2,1-4H3,(H,25,27). The summed E-state index contributed by atoms with van der Waals surface area (Å²) in [5.41, 5.74) is 1.46. The van der Waals surface area contributed by atoms with E-state index in [1.165, 1.54) is 18.2 Å². The number of hydrogen-bond acceptors (Lipinski definition) is 3. The Balaban J connectivity index is 2.21. The molecule has 0 aromatic heterocycles. The van der Waals surface area contributed by atoms with Crippen molar-refractivity contribution in [2.24, 2.45) is 11.3 Å². The molecule has 1 aromatic carbocycles. The van der Waals surface area contributed by atoms with Crippen LogP contribution in [0.1, 0.15) is 79.1 Å². The summed E-state index contributed by atoms with van der Waals surface area (Å²) in [6, 6.07) is 7.64. The number of thioether (sulfide) groups is 1. The second-order valence-corrected chi connectivity index (χ2v) is 9.37. The largest absolute Gasteiger partial charge is 0.325 e. The second-order valence-electron chi connectivity index (χ2n) is 8.32. The SMILES string of the molecule is CCC(CC)CC1(C(=O)Nc2ccccc2SC(=O)C=C(C)C)CCCCC1. The number of rotatable bonds is 8. The predicted octanol–water partition coefficient (Wildman–Crippen LogP) is 6.99. The van der Waals surface area contributed by atoms with Crippen LogP contribution in [0.5, 0.6) is 0 Å². The van der Waals surface area contributed by atoms with E-state index in [2.05, 4.69) is 19.2 Å². The minimum Gasteiger partial charge on any atom is -0.325 e. The Morgan fingerprint density at radius 2 is 1.75 bits per heavy atom. The lowest BCUT2D eigenvalue weighted by atomic mass is 9.67. The van der Waals surface area contributed by atoms with Gasteiger partial charge in [0.2, 0.25) is 11.0 Å². The molecule has 1 aromatic rings. The number of para-hydroxylation sites is 1. The third-order valence-corrected chi connectivity index (χ3v) is 6.77. The number of anilines is 1. The lowest BCUT2D eigenvalue weighted by Crippen LogP contribution is -2.39. The Morgan fingerprint density at radius 3 is 2.36 bits per heavy atom. The van der Waals surface area contributed by atoms with Crippen LogP contribution in [0.3, 0.4) is 0 Å². The number of hydrogen-bond donors (Lipinski definition) is 1. The topological polar surface area (TPSA) is 46.2 Å². The average Bonchev–Trinajstić information content (AvgIpc) is 2.67. The van der Waals surface area contributed by atoms with E-state index in [0.29, 0.717) is 5.92 Å². The summed E-state index contributed by atoms with van der Waals surface area (Å²) in [6.07, 6.45) is 10.3. The van der Waals surface area contributed by atoms with Crippen molar-refractivity contribution in [2.75, 3.05) is 5.32 Å². The van der Waals surface area contributed by atoms with Crippen molar-refractivity contribution < 1.29 is 9.59 Å². The summed E-state index contributed by atoms with van der Waals surface area (Å²) >= 11 is 1.18. The van der Waals surface area contributed by atoms with Gasteiger partial charge in [-0.1, -0.05) is 63.7 Å². The molecule has 28 heavy (non-hydrogen) atoms. The second kappa shape index (κ2) is 10.8. The van der Waals surface area contributed by atoms with Crippen molar-refractivity contribution in [3.05, 3.63) is 35.9 Å². The minimum absolute atomic E-state index is 0.00823. The van der Waals surface area contributed by atoms with Crippen LogP contribution in [0, 0.1) is 11.3 Å². The predicted molar refractivity (Wildman–Crippen MR) is 120 cm³/mol. The third-order valence-electron chi connectivity index (χ3n) is 5.88. The summed E-state index contributed by atoms with van der Waals surface area (Å²) in [4.78, 5) is 26.5. The van der Waals surface area contributed by atoms with Crippen LogP contribution in [-0.2, 0) is 9.59 Å². The van der Waals surface area contributed by atoms with Gasteiger partial charge in [-0.2, -0.15) is 0 Å². The molecule has 1 saturated carbocycles. The van der Waals surface area contributed by atoms with Crippen molar-refractivity contribution >= 4 is 28.5 Å². The van der Waals surface area contributed by atoms with Gasteiger partial charge in [0.05, 0.1) is 5.69 Å². The molecule has 0 unspecified atom stereocenters. The lowest BCUT2D eigenvalue weighted by molar-refractivity contribution is -0.128. The third kappa shape index (κ3) is 6.23. The first-order valence-electron chi connectivity index (χ1n) is 10.7. The molecule has 4 heteroatoms. The van der Waals surface area contributed by atoms with Gasteiger partial charge in [-0.05, 0) is 69.0 Å². The molecule has 0 atom stereocenters. The van der Waals surface area contributed by atoms with E-state index in [-0.39, 0.29) is 16.4 Å². The fraction of sp³-hybridized carbons (Fsp3) is 0.583. The van der Waals surface area contributed by atoms with Gasteiger partial charge in [0, 0.05) is 10.3 Å². The maximum Gasteiger partial charge on any atom is 0.230 e. The van der Waals surface area contributed by atoms with Gasteiger partial charge in [0.1, 0.15) is 0 Å². The van der Waals surface area contributed by atoms with Gasteiger partial charge in [-0.15, -0.1) is 0 Å². The molecule has 1 fully saturated rings. The van der Waals surface area contributed by atoms with Crippen LogP contribution in [-0.4, -0.2) is 11.0 Å². The van der Waals surface area contributed by atoms with Gasteiger partial charge >= 0.3 is 0 Å². The number of allylic oxidation sites excluding steroid dienone is 1. The first-order chi connectivity index (χ1) is 13.4. The smallest absolute Gasteiger partial charge is 0.230 e. The number of carbonyl (C=O) groups excluding carboxylic acids is 2. The van der Waals surface area contributed by atoms with E-state index in [1.807, 2.05) is 38.1 Å². The average molecular weight is 402 g/mol. The van der Waals surface area contributed by atoms with Crippen LogP contribution in [0.2, 0.25) is 0 Å². The zero-order chi connectivity index (χ0) is 20.6. The van der Waals surface area contributed by atoms with Crippen molar-refractivity contribution in [1.29, 1.82) is 0 Å². The van der Waals surface area contributed by atoms with Crippen molar-refractivity contribution in [3.8, 4) is 0 Å². The van der Waals surface area contributed by atoms with Gasteiger partial charge < -0.3 is 5.32 Å². The summed E-state index contributed by atoms with van der Waals surface area (Å²) in [5.74, 6) is 0.731. The molecule has 0 heterocycles. The summed E-state index contributed by atoms with van der Waals surface area (Å²) in [7, 11) is 0. The van der Waals surface area contributed by atoms with Gasteiger partial charge in [0.15, 0.2) is 0 Å². The molecule has 3 nitrogen and oxygen atoms in total. The Hall–Kier alpha value is -1.55. The fourth-order valence-corrected chi connectivity index (χ4v) is 5.06. The fourth-order valence-electron chi connectivity index (χ4n) is 4.17. The molecule has 1 aliphatic carbocycles. The van der Waals surface area contributed by atoms with Crippen LogP contribution < -0.4 is 5.32 Å². The first kappa shape index (κ1) is 22.7. The highest BCUT2D eigenvalue weighted by atomic mass is 32.2. The van der Waals surface area contributed by atoms with E-state index >= 15 is 0 Å². The summed E-state index contributed by atoms with van der Waals surface area (Å²) < 4.78 is 0. The molecular weight excluding hydrogens is 366 g/mol. The number of amides is 1. The first-order valence-corrected chi connectivity index (χ1v) is 11.5. The normalized spacial score (nSPS) is 15.9. The van der Waals surface area contributed by atoms with E-state index in [0.717, 1.165) is 61.1 Å². The van der Waals surface area contributed by atoms with E-state index in [4.69, 9.17) is 0 Å². The minimum atomic E-state index is -0.267. The molecule has 1 N–H and O–H groups in total. The Labute approximate surface area is 174 Å². The van der Waals surface area contributed by atoms with Crippen LogP contribution >= 0.6 is 11.8 Å². The number of benzene rings is 1. The van der Waals surface area contributed by atoms with Gasteiger partial charge in [0.25, 0.3) is 0 Å². The molecule has 0 spiro atoms. The molecule has 0 radical (unpaired) electrons. The van der Waals surface area contributed by atoms with Crippen molar-refractivity contribution in [1.82, 2.24) is 0 Å². The molecule has 1 aliphatic rings. The van der Waals surface area contributed by atoms with E-state index in [9.17, 15) is 9.59 Å². The monoisotopic (exact) mass is 401 g/mol. The van der Waals surface area contributed by atoms with Gasteiger partial charge in [-0.25, -0.2) is 0 Å². The van der Waals surface area contributed by atoms with Crippen LogP contribution in [0.4, 0.5) is 5.69 Å². The zero-order valence-electron chi connectivity index (χ0n) is 17.8. The highest BCUT2D eigenvalue weighted by Crippen LogP contribution is 2.44. The summed E-state index contributed by atoms with van der Waals surface area (Å²) in [6.45, 7) is 8.28. The molecule has 1 amide bonds. The maximum atomic E-state index is 13.5.